The van der Waals surface area contributed by atoms with Gasteiger partial charge in [-0.05, 0) is 31.0 Å². The normalized spacial score (nSPS) is 11.5. The lowest BCUT2D eigenvalue weighted by Crippen LogP contribution is -2.06. The topological polar surface area (TPSA) is 37.9 Å². The second-order valence-electron chi connectivity index (χ2n) is 4.05. The molecular weight excluding hydrogens is 257 g/mol. The highest BCUT2D eigenvalue weighted by Crippen LogP contribution is 2.31. The quantitative estimate of drug-likeness (QED) is 0.845. The predicted octanol–water partition coefficient (Wildman–Crippen LogP) is 3.44. The van der Waals surface area contributed by atoms with E-state index < -0.39 is 11.7 Å². The highest BCUT2D eigenvalue weighted by atomic mass is 19.4. The molecule has 0 saturated heterocycles. The van der Waals surface area contributed by atoms with Gasteiger partial charge in [-0.2, -0.15) is 13.2 Å². The summed E-state index contributed by atoms with van der Waals surface area (Å²) in [4.78, 5) is 6.83. The third-order valence-corrected chi connectivity index (χ3v) is 2.58. The number of hydrogen-bond donors (Lipinski definition) is 1. The molecule has 19 heavy (non-hydrogen) atoms. The summed E-state index contributed by atoms with van der Waals surface area (Å²) in [5, 5.41) is 0. The minimum atomic E-state index is -4.34. The SMILES string of the molecule is FC(F)(F)c1cccc(OCCCc2cnc[nH]2)c1. The van der Waals surface area contributed by atoms with Gasteiger partial charge in [0.1, 0.15) is 5.75 Å². The number of benzene rings is 1. The summed E-state index contributed by atoms with van der Waals surface area (Å²) in [5.74, 6) is 0.236. The number of aromatic nitrogens is 2. The fourth-order valence-corrected chi connectivity index (χ4v) is 1.64. The van der Waals surface area contributed by atoms with Gasteiger partial charge in [0.15, 0.2) is 0 Å². The van der Waals surface area contributed by atoms with Crippen LogP contribution in [-0.2, 0) is 12.6 Å². The van der Waals surface area contributed by atoms with E-state index in [1.807, 2.05) is 0 Å². The Morgan fingerprint density at radius 1 is 1.26 bits per heavy atom. The van der Waals surface area contributed by atoms with E-state index in [0.717, 1.165) is 24.2 Å². The number of halogens is 3. The Morgan fingerprint density at radius 2 is 2.11 bits per heavy atom. The van der Waals surface area contributed by atoms with Crippen molar-refractivity contribution in [3.05, 3.63) is 48.0 Å². The second kappa shape index (κ2) is 5.77. The van der Waals surface area contributed by atoms with Crippen LogP contribution in [0.3, 0.4) is 0 Å². The van der Waals surface area contributed by atoms with E-state index in [9.17, 15) is 13.2 Å². The van der Waals surface area contributed by atoms with E-state index in [1.165, 1.54) is 12.1 Å². The molecule has 1 aromatic heterocycles. The number of aryl methyl sites for hydroxylation is 1. The maximum Gasteiger partial charge on any atom is 0.416 e. The van der Waals surface area contributed by atoms with Gasteiger partial charge in [0.2, 0.25) is 0 Å². The molecule has 1 heterocycles. The third kappa shape index (κ3) is 4.01. The molecule has 0 unspecified atom stereocenters. The molecular formula is C13H13F3N2O. The van der Waals surface area contributed by atoms with Gasteiger partial charge in [0, 0.05) is 11.9 Å². The number of imidazole rings is 1. The standard InChI is InChI=1S/C13H13F3N2O/c14-13(15,16)10-3-1-5-12(7-10)19-6-2-4-11-8-17-9-18-11/h1,3,5,7-9H,2,4,6H2,(H,17,18). The summed E-state index contributed by atoms with van der Waals surface area (Å²) in [6, 6.07) is 4.89. The summed E-state index contributed by atoms with van der Waals surface area (Å²) in [5.41, 5.74) is 0.284. The summed E-state index contributed by atoms with van der Waals surface area (Å²) in [6.07, 6.45) is 0.417. The minimum absolute atomic E-state index is 0.236. The number of nitrogens with zero attached hydrogens (tertiary/aromatic N) is 1. The summed E-state index contributed by atoms with van der Waals surface area (Å²) >= 11 is 0. The monoisotopic (exact) mass is 270 g/mol. The third-order valence-electron chi connectivity index (χ3n) is 2.58. The van der Waals surface area contributed by atoms with Crippen molar-refractivity contribution < 1.29 is 17.9 Å². The fourth-order valence-electron chi connectivity index (χ4n) is 1.64. The van der Waals surface area contributed by atoms with Crippen LogP contribution in [0.1, 0.15) is 17.7 Å². The number of alkyl halides is 3. The molecule has 6 heteroatoms. The lowest BCUT2D eigenvalue weighted by Gasteiger charge is -2.09. The highest BCUT2D eigenvalue weighted by Gasteiger charge is 2.30. The van der Waals surface area contributed by atoms with Crippen LogP contribution in [0.2, 0.25) is 0 Å². The molecule has 0 atom stereocenters. The molecule has 0 saturated carbocycles. The zero-order valence-corrected chi connectivity index (χ0v) is 10.1. The molecule has 3 nitrogen and oxygen atoms in total. The van der Waals surface area contributed by atoms with E-state index in [-0.39, 0.29) is 5.75 Å². The van der Waals surface area contributed by atoms with Gasteiger partial charge in [0.25, 0.3) is 0 Å². The zero-order chi connectivity index (χ0) is 13.7. The van der Waals surface area contributed by atoms with Crippen LogP contribution in [-0.4, -0.2) is 16.6 Å². The molecule has 0 aliphatic rings. The van der Waals surface area contributed by atoms with Gasteiger partial charge in [-0.3, -0.25) is 0 Å². The molecule has 0 fully saturated rings. The molecule has 0 amide bonds. The molecule has 0 aliphatic heterocycles. The van der Waals surface area contributed by atoms with Gasteiger partial charge in [-0.1, -0.05) is 6.07 Å². The van der Waals surface area contributed by atoms with Gasteiger partial charge in [-0.25, -0.2) is 4.98 Å². The molecule has 1 aromatic carbocycles. The molecule has 1 N–H and O–H groups in total. The smallest absolute Gasteiger partial charge is 0.416 e. The lowest BCUT2D eigenvalue weighted by molar-refractivity contribution is -0.137. The van der Waals surface area contributed by atoms with E-state index in [0.29, 0.717) is 13.0 Å². The number of aromatic amines is 1. The molecule has 2 rings (SSSR count). The summed E-state index contributed by atoms with van der Waals surface area (Å²) in [7, 11) is 0. The Kier molecular flexibility index (Phi) is 4.09. The Hall–Kier alpha value is -1.98. The van der Waals surface area contributed by atoms with Crippen molar-refractivity contribution in [1.29, 1.82) is 0 Å². The molecule has 0 spiro atoms. The number of nitrogens with one attached hydrogen (secondary N) is 1. The van der Waals surface area contributed by atoms with Gasteiger partial charge in [0.05, 0.1) is 18.5 Å². The fraction of sp³-hybridized carbons (Fsp3) is 0.308. The first kappa shape index (κ1) is 13.5. The number of ether oxygens (including phenoxy) is 1. The van der Waals surface area contributed by atoms with Crippen LogP contribution in [0.25, 0.3) is 0 Å². The first-order valence-corrected chi connectivity index (χ1v) is 5.83. The largest absolute Gasteiger partial charge is 0.494 e. The maximum absolute atomic E-state index is 12.5. The van der Waals surface area contributed by atoms with E-state index >= 15 is 0 Å². The van der Waals surface area contributed by atoms with Crippen molar-refractivity contribution in [3.8, 4) is 5.75 Å². The van der Waals surface area contributed by atoms with Crippen molar-refractivity contribution >= 4 is 0 Å². The average molecular weight is 270 g/mol. The average Bonchev–Trinajstić information content (AvgIpc) is 2.87. The first-order chi connectivity index (χ1) is 9.05. The Morgan fingerprint density at radius 3 is 2.79 bits per heavy atom. The zero-order valence-electron chi connectivity index (χ0n) is 10.1. The molecule has 0 bridgehead atoms. The van der Waals surface area contributed by atoms with Gasteiger partial charge < -0.3 is 9.72 Å². The molecule has 0 radical (unpaired) electrons. The molecule has 102 valence electrons. The minimum Gasteiger partial charge on any atom is -0.494 e. The van der Waals surface area contributed by atoms with E-state index in [1.54, 1.807) is 12.5 Å². The Bertz CT molecular complexity index is 509. The van der Waals surface area contributed by atoms with Crippen LogP contribution in [0.15, 0.2) is 36.8 Å². The Balaban J connectivity index is 1.83. The van der Waals surface area contributed by atoms with Crippen LogP contribution in [0.4, 0.5) is 13.2 Å². The van der Waals surface area contributed by atoms with Crippen molar-refractivity contribution in [2.24, 2.45) is 0 Å². The van der Waals surface area contributed by atoms with Crippen molar-refractivity contribution in [2.45, 2.75) is 19.0 Å². The van der Waals surface area contributed by atoms with Crippen LogP contribution < -0.4 is 4.74 Å². The van der Waals surface area contributed by atoms with Gasteiger partial charge >= 0.3 is 6.18 Å². The highest BCUT2D eigenvalue weighted by molar-refractivity contribution is 5.30. The van der Waals surface area contributed by atoms with E-state index in [2.05, 4.69) is 9.97 Å². The predicted molar refractivity (Wildman–Crippen MR) is 63.8 cm³/mol. The lowest BCUT2D eigenvalue weighted by atomic mass is 10.2. The number of hydrogen-bond acceptors (Lipinski definition) is 2. The van der Waals surface area contributed by atoms with Gasteiger partial charge in [-0.15, -0.1) is 0 Å². The van der Waals surface area contributed by atoms with Crippen LogP contribution in [0, 0.1) is 0 Å². The van der Waals surface area contributed by atoms with E-state index in [4.69, 9.17) is 4.74 Å². The van der Waals surface area contributed by atoms with Crippen molar-refractivity contribution in [2.75, 3.05) is 6.61 Å². The van der Waals surface area contributed by atoms with Crippen LogP contribution in [0.5, 0.6) is 5.75 Å². The Labute approximate surface area is 108 Å². The van der Waals surface area contributed by atoms with Crippen molar-refractivity contribution in [1.82, 2.24) is 9.97 Å². The van der Waals surface area contributed by atoms with Crippen LogP contribution >= 0.6 is 0 Å². The first-order valence-electron chi connectivity index (χ1n) is 5.83. The molecule has 0 aliphatic carbocycles. The number of H-pyrrole nitrogens is 1. The summed E-state index contributed by atoms with van der Waals surface area (Å²) in [6.45, 7) is 0.361. The second-order valence-corrected chi connectivity index (χ2v) is 4.05. The number of rotatable bonds is 5. The molecule has 2 aromatic rings. The maximum atomic E-state index is 12.5. The summed E-state index contributed by atoms with van der Waals surface area (Å²) < 4.78 is 42.7. The van der Waals surface area contributed by atoms with Crippen molar-refractivity contribution in [3.63, 3.8) is 0 Å².